The lowest BCUT2D eigenvalue weighted by Gasteiger charge is -2.36. The molecular formula is C16H19NO. The lowest BCUT2D eigenvalue weighted by Crippen LogP contribution is -2.29. The van der Waals surface area contributed by atoms with Crippen LogP contribution >= 0.6 is 0 Å². The van der Waals surface area contributed by atoms with Gasteiger partial charge in [0.15, 0.2) is 0 Å². The molecule has 2 nitrogen and oxygen atoms in total. The SMILES string of the molecule is [C-]#[N+][C@]1(C)CC[C@@H]2CCCc3cc(OC)cc1c32. The number of aryl methyl sites for hydroxylation is 1. The fourth-order valence-corrected chi connectivity index (χ4v) is 3.61. The third-order valence-corrected chi connectivity index (χ3v) is 4.69. The van der Waals surface area contributed by atoms with Gasteiger partial charge in [-0.2, -0.15) is 0 Å². The van der Waals surface area contributed by atoms with Crippen molar-refractivity contribution in [1.29, 1.82) is 0 Å². The summed E-state index contributed by atoms with van der Waals surface area (Å²) in [7, 11) is 1.72. The van der Waals surface area contributed by atoms with Gasteiger partial charge in [-0.15, -0.1) is 0 Å². The average molecular weight is 241 g/mol. The van der Waals surface area contributed by atoms with E-state index in [1.165, 1.54) is 36.0 Å². The molecule has 0 heterocycles. The normalized spacial score (nSPS) is 29.3. The van der Waals surface area contributed by atoms with Crippen LogP contribution in [0.5, 0.6) is 5.75 Å². The van der Waals surface area contributed by atoms with Gasteiger partial charge in [0, 0.05) is 18.9 Å². The molecular weight excluding hydrogens is 222 g/mol. The molecule has 0 radical (unpaired) electrons. The van der Waals surface area contributed by atoms with Gasteiger partial charge >= 0.3 is 0 Å². The van der Waals surface area contributed by atoms with Crippen molar-refractivity contribution in [2.75, 3.05) is 7.11 Å². The summed E-state index contributed by atoms with van der Waals surface area (Å²) >= 11 is 0. The number of benzene rings is 1. The van der Waals surface area contributed by atoms with E-state index in [1.807, 2.05) is 0 Å². The highest BCUT2D eigenvalue weighted by Gasteiger charge is 2.43. The van der Waals surface area contributed by atoms with Gasteiger partial charge in [-0.3, -0.25) is 0 Å². The molecule has 2 atom stereocenters. The van der Waals surface area contributed by atoms with Gasteiger partial charge in [0.1, 0.15) is 5.75 Å². The van der Waals surface area contributed by atoms with E-state index in [-0.39, 0.29) is 5.54 Å². The Morgan fingerprint density at radius 3 is 2.94 bits per heavy atom. The summed E-state index contributed by atoms with van der Waals surface area (Å²) in [6.45, 7) is 9.63. The number of hydrogen-bond donors (Lipinski definition) is 0. The summed E-state index contributed by atoms with van der Waals surface area (Å²) in [5.41, 5.74) is 3.80. The van der Waals surface area contributed by atoms with Crippen LogP contribution in [0.15, 0.2) is 12.1 Å². The van der Waals surface area contributed by atoms with Crippen LogP contribution in [0.4, 0.5) is 0 Å². The molecule has 0 N–H and O–H groups in total. The maximum absolute atomic E-state index is 7.55. The Morgan fingerprint density at radius 2 is 2.22 bits per heavy atom. The second-order valence-corrected chi connectivity index (χ2v) is 5.76. The maximum Gasteiger partial charge on any atom is 0.255 e. The first-order chi connectivity index (χ1) is 8.68. The molecule has 0 spiro atoms. The summed E-state index contributed by atoms with van der Waals surface area (Å²) in [5.74, 6) is 1.60. The van der Waals surface area contributed by atoms with Crippen molar-refractivity contribution in [3.05, 3.63) is 40.2 Å². The maximum atomic E-state index is 7.55. The first kappa shape index (κ1) is 11.6. The lowest BCUT2D eigenvalue weighted by molar-refractivity contribution is 0.379. The molecule has 0 bridgehead atoms. The molecule has 0 unspecified atom stereocenters. The van der Waals surface area contributed by atoms with E-state index in [0.717, 1.165) is 18.6 Å². The summed E-state index contributed by atoms with van der Waals surface area (Å²) in [6, 6.07) is 4.29. The lowest BCUT2D eigenvalue weighted by atomic mass is 9.67. The van der Waals surface area contributed by atoms with E-state index >= 15 is 0 Å². The quantitative estimate of drug-likeness (QED) is 0.676. The minimum atomic E-state index is -0.341. The Labute approximate surface area is 109 Å². The number of nitrogens with zero attached hydrogens (tertiary/aromatic N) is 1. The first-order valence-corrected chi connectivity index (χ1v) is 6.78. The van der Waals surface area contributed by atoms with E-state index in [2.05, 4.69) is 23.9 Å². The highest BCUT2D eigenvalue weighted by molar-refractivity contribution is 5.51. The van der Waals surface area contributed by atoms with Crippen LogP contribution in [0, 0.1) is 6.57 Å². The largest absolute Gasteiger partial charge is 0.497 e. The van der Waals surface area contributed by atoms with Crippen molar-refractivity contribution in [1.82, 2.24) is 0 Å². The molecule has 0 amide bonds. The molecule has 1 aromatic carbocycles. The van der Waals surface area contributed by atoms with Crippen molar-refractivity contribution >= 4 is 0 Å². The Morgan fingerprint density at radius 1 is 1.39 bits per heavy atom. The highest BCUT2D eigenvalue weighted by Crippen LogP contribution is 2.50. The van der Waals surface area contributed by atoms with Crippen LogP contribution in [-0.4, -0.2) is 7.11 Å². The van der Waals surface area contributed by atoms with Gasteiger partial charge in [0.05, 0.1) is 7.11 Å². The second kappa shape index (κ2) is 4.02. The molecule has 0 aliphatic heterocycles. The smallest absolute Gasteiger partial charge is 0.255 e. The number of ether oxygens (including phenoxy) is 1. The zero-order valence-corrected chi connectivity index (χ0v) is 11.1. The first-order valence-electron chi connectivity index (χ1n) is 6.78. The second-order valence-electron chi connectivity index (χ2n) is 5.76. The molecule has 2 aliphatic rings. The van der Waals surface area contributed by atoms with Crippen molar-refractivity contribution in [3.8, 4) is 5.75 Å². The van der Waals surface area contributed by atoms with E-state index in [1.54, 1.807) is 7.11 Å². The summed E-state index contributed by atoms with van der Waals surface area (Å²) < 4.78 is 5.42. The summed E-state index contributed by atoms with van der Waals surface area (Å²) in [4.78, 5) is 3.92. The van der Waals surface area contributed by atoms with E-state index in [0.29, 0.717) is 5.92 Å². The zero-order chi connectivity index (χ0) is 12.8. The molecule has 0 aromatic heterocycles. The number of hydrogen-bond acceptors (Lipinski definition) is 1. The molecule has 0 saturated heterocycles. The van der Waals surface area contributed by atoms with Crippen LogP contribution in [0.2, 0.25) is 0 Å². The average Bonchev–Trinajstić information content (AvgIpc) is 2.42. The molecule has 2 heteroatoms. The van der Waals surface area contributed by atoms with Gasteiger partial charge in [-0.1, -0.05) is 0 Å². The van der Waals surface area contributed by atoms with Crippen molar-refractivity contribution in [3.63, 3.8) is 0 Å². The number of methoxy groups -OCH3 is 1. The van der Waals surface area contributed by atoms with Crippen LogP contribution < -0.4 is 4.74 Å². The molecule has 18 heavy (non-hydrogen) atoms. The summed E-state index contributed by atoms with van der Waals surface area (Å²) in [5, 5.41) is 0. The zero-order valence-electron chi connectivity index (χ0n) is 11.1. The third-order valence-electron chi connectivity index (χ3n) is 4.69. The van der Waals surface area contributed by atoms with Crippen molar-refractivity contribution < 1.29 is 4.74 Å². The van der Waals surface area contributed by atoms with Gasteiger partial charge in [-0.05, 0) is 54.9 Å². The third kappa shape index (κ3) is 1.54. The molecule has 3 rings (SSSR count). The minimum Gasteiger partial charge on any atom is -0.497 e. The Kier molecular flexibility index (Phi) is 2.59. The van der Waals surface area contributed by atoms with Crippen LogP contribution in [0.25, 0.3) is 4.85 Å². The van der Waals surface area contributed by atoms with Gasteiger partial charge in [0.25, 0.3) is 5.54 Å². The fourth-order valence-electron chi connectivity index (χ4n) is 3.61. The molecule has 0 saturated carbocycles. The van der Waals surface area contributed by atoms with Gasteiger partial charge in [-0.25, -0.2) is 6.57 Å². The highest BCUT2D eigenvalue weighted by atomic mass is 16.5. The fraction of sp³-hybridized carbons (Fsp3) is 0.562. The molecule has 1 aromatic rings. The Balaban J connectivity index is 2.25. The predicted octanol–water partition coefficient (Wildman–Crippen LogP) is 4.04. The molecule has 0 fully saturated rings. The Hall–Kier alpha value is -1.49. The monoisotopic (exact) mass is 241 g/mol. The molecule has 94 valence electrons. The van der Waals surface area contributed by atoms with Crippen molar-refractivity contribution in [2.24, 2.45) is 0 Å². The van der Waals surface area contributed by atoms with Gasteiger partial charge < -0.3 is 9.58 Å². The van der Waals surface area contributed by atoms with Crippen LogP contribution in [0.1, 0.15) is 55.2 Å². The topological polar surface area (TPSA) is 13.6 Å². The molecule has 2 aliphatic carbocycles. The van der Waals surface area contributed by atoms with E-state index < -0.39 is 0 Å². The van der Waals surface area contributed by atoms with Gasteiger partial charge in [0.2, 0.25) is 0 Å². The number of rotatable bonds is 1. The minimum absolute atomic E-state index is 0.341. The van der Waals surface area contributed by atoms with E-state index in [9.17, 15) is 0 Å². The summed E-state index contributed by atoms with van der Waals surface area (Å²) in [6.07, 6.45) is 5.87. The van der Waals surface area contributed by atoms with Crippen LogP contribution in [0.3, 0.4) is 0 Å². The standard InChI is InChI=1S/C16H19NO/c1-16(17-2)8-7-11-5-4-6-12-9-13(18-3)10-14(16)15(11)12/h9-11H,4-8H2,1,3H3/t11-,16+/m0/s1. The van der Waals surface area contributed by atoms with E-state index in [4.69, 9.17) is 11.3 Å². The predicted molar refractivity (Wildman–Crippen MR) is 71.9 cm³/mol. The van der Waals surface area contributed by atoms with Crippen LogP contribution in [-0.2, 0) is 12.0 Å². The van der Waals surface area contributed by atoms with Crippen molar-refractivity contribution in [2.45, 2.75) is 50.5 Å². The Bertz CT molecular complexity index is 529.